The van der Waals surface area contributed by atoms with Crippen LogP contribution in [0.1, 0.15) is 24.8 Å². The summed E-state index contributed by atoms with van der Waals surface area (Å²) < 4.78 is 0.851. The quantitative estimate of drug-likeness (QED) is 0.671. The zero-order chi connectivity index (χ0) is 12.4. The molecule has 1 saturated heterocycles. The molecule has 1 aliphatic heterocycles. The van der Waals surface area contributed by atoms with Gasteiger partial charge in [-0.2, -0.15) is 0 Å². The first-order valence-corrected chi connectivity index (χ1v) is 6.24. The first kappa shape index (κ1) is 12.1. The van der Waals surface area contributed by atoms with E-state index in [0.717, 1.165) is 10.0 Å². The van der Waals surface area contributed by atoms with Crippen LogP contribution in [0, 0.1) is 0 Å². The minimum absolute atomic E-state index is 0.0974. The van der Waals surface area contributed by atoms with E-state index in [2.05, 4.69) is 15.9 Å². The van der Waals surface area contributed by atoms with Gasteiger partial charge in [-0.25, -0.2) is 0 Å². The smallest absolute Gasteiger partial charge is 0.229 e. The van der Waals surface area contributed by atoms with E-state index < -0.39 is 0 Å². The Morgan fingerprint density at radius 3 is 2.41 bits per heavy atom. The molecule has 2 rings (SSSR count). The number of nitrogens with zero attached hydrogens (tertiary/aromatic N) is 1. The van der Waals surface area contributed by atoms with Crippen molar-refractivity contribution in [2.24, 2.45) is 0 Å². The van der Waals surface area contributed by atoms with Crippen LogP contribution in [0.5, 0.6) is 0 Å². The fourth-order valence-electron chi connectivity index (χ4n) is 1.93. The van der Waals surface area contributed by atoms with Crippen molar-refractivity contribution in [2.45, 2.75) is 25.8 Å². The number of halogens is 1. The van der Waals surface area contributed by atoms with E-state index in [1.807, 2.05) is 6.07 Å². The van der Waals surface area contributed by atoms with E-state index in [4.69, 9.17) is 5.73 Å². The van der Waals surface area contributed by atoms with Crippen molar-refractivity contribution in [1.29, 1.82) is 0 Å². The van der Waals surface area contributed by atoms with Gasteiger partial charge < -0.3 is 5.73 Å². The van der Waals surface area contributed by atoms with Crippen molar-refractivity contribution >= 4 is 33.4 Å². The number of nitrogen functional groups attached to an aromatic ring is 1. The summed E-state index contributed by atoms with van der Waals surface area (Å²) in [5, 5.41) is 0. The molecule has 1 aromatic carbocycles. The molecular weight excluding hydrogens is 284 g/mol. The highest BCUT2D eigenvalue weighted by molar-refractivity contribution is 9.10. The van der Waals surface area contributed by atoms with Gasteiger partial charge in [0.2, 0.25) is 11.8 Å². The number of carbonyl (C=O) groups excluding carboxylic acids is 2. The number of hydrogen-bond acceptors (Lipinski definition) is 3. The van der Waals surface area contributed by atoms with Crippen LogP contribution in [0.3, 0.4) is 0 Å². The number of carbonyl (C=O) groups is 2. The van der Waals surface area contributed by atoms with Gasteiger partial charge in [-0.1, -0.05) is 15.9 Å². The fourth-order valence-corrected chi connectivity index (χ4v) is 2.48. The SMILES string of the molecule is Nc1cc(Br)cc(CN2C(=O)CCCC2=O)c1. The average Bonchev–Trinajstić information content (AvgIpc) is 2.22. The summed E-state index contributed by atoms with van der Waals surface area (Å²) in [4.78, 5) is 24.6. The van der Waals surface area contributed by atoms with Crippen LogP contribution in [0.15, 0.2) is 22.7 Å². The van der Waals surface area contributed by atoms with E-state index in [1.54, 1.807) is 12.1 Å². The Morgan fingerprint density at radius 1 is 1.18 bits per heavy atom. The number of hydrogen-bond donors (Lipinski definition) is 1. The molecule has 0 atom stereocenters. The Labute approximate surface area is 108 Å². The first-order valence-electron chi connectivity index (χ1n) is 5.44. The Bertz CT molecular complexity index is 437. The highest BCUT2D eigenvalue weighted by atomic mass is 79.9. The van der Waals surface area contributed by atoms with Crippen molar-refractivity contribution in [3.05, 3.63) is 28.2 Å². The van der Waals surface area contributed by atoms with Gasteiger partial charge in [0.1, 0.15) is 0 Å². The summed E-state index contributed by atoms with van der Waals surface area (Å²) in [6.07, 6.45) is 1.57. The Kier molecular flexibility index (Phi) is 3.47. The van der Waals surface area contributed by atoms with Crippen LogP contribution in [-0.2, 0) is 16.1 Å². The molecule has 0 bridgehead atoms. The topological polar surface area (TPSA) is 63.4 Å². The number of benzene rings is 1. The first-order chi connectivity index (χ1) is 8.06. The number of rotatable bonds is 2. The van der Waals surface area contributed by atoms with E-state index in [9.17, 15) is 9.59 Å². The highest BCUT2D eigenvalue weighted by Crippen LogP contribution is 2.21. The molecule has 17 heavy (non-hydrogen) atoms. The lowest BCUT2D eigenvalue weighted by molar-refractivity contribution is -0.148. The molecule has 0 saturated carbocycles. The van der Waals surface area contributed by atoms with Gasteiger partial charge in [-0.05, 0) is 30.2 Å². The summed E-state index contributed by atoms with van der Waals surface area (Å²) in [5.74, 6) is -0.195. The molecule has 0 aromatic heterocycles. The van der Waals surface area contributed by atoms with Crippen LogP contribution in [-0.4, -0.2) is 16.7 Å². The minimum atomic E-state index is -0.0974. The largest absolute Gasteiger partial charge is 0.399 e. The Morgan fingerprint density at radius 2 is 1.82 bits per heavy atom. The molecule has 4 nitrogen and oxygen atoms in total. The third kappa shape index (κ3) is 2.85. The molecule has 5 heteroatoms. The number of imide groups is 1. The maximum absolute atomic E-state index is 11.6. The summed E-state index contributed by atoms with van der Waals surface area (Å²) in [6.45, 7) is 0.307. The minimum Gasteiger partial charge on any atom is -0.399 e. The normalized spacial score (nSPS) is 16.4. The molecule has 2 N–H and O–H groups in total. The second-order valence-corrected chi connectivity index (χ2v) is 5.04. The summed E-state index contributed by atoms with van der Waals surface area (Å²) >= 11 is 3.34. The molecular formula is C12H13BrN2O2. The third-order valence-corrected chi connectivity index (χ3v) is 3.16. The van der Waals surface area contributed by atoms with Gasteiger partial charge in [0.25, 0.3) is 0 Å². The molecule has 0 spiro atoms. The summed E-state index contributed by atoms with van der Waals surface area (Å²) in [5.41, 5.74) is 7.19. The number of anilines is 1. The van der Waals surface area contributed by atoms with E-state index >= 15 is 0 Å². The number of amides is 2. The van der Waals surface area contributed by atoms with Crippen LogP contribution in [0.4, 0.5) is 5.69 Å². The predicted molar refractivity (Wildman–Crippen MR) is 68.0 cm³/mol. The molecule has 1 fully saturated rings. The standard InChI is InChI=1S/C12H13BrN2O2/c13-9-4-8(5-10(14)6-9)7-15-11(16)2-1-3-12(15)17/h4-6H,1-3,7,14H2. The Hall–Kier alpha value is -1.36. The van der Waals surface area contributed by atoms with Crippen molar-refractivity contribution in [2.75, 3.05) is 5.73 Å². The number of nitrogens with two attached hydrogens (primary N) is 1. The molecule has 0 unspecified atom stereocenters. The highest BCUT2D eigenvalue weighted by Gasteiger charge is 2.25. The lowest BCUT2D eigenvalue weighted by Crippen LogP contribution is -2.39. The van der Waals surface area contributed by atoms with E-state index in [1.165, 1.54) is 4.90 Å². The maximum atomic E-state index is 11.6. The molecule has 90 valence electrons. The summed E-state index contributed by atoms with van der Waals surface area (Å²) in [7, 11) is 0. The van der Waals surface area contributed by atoms with E-state index in [0.29, 0.717) is 31.5 Å². The van der Waals surface area contributed by atoms with Gasteiger partial charge in [0.15, 0.2) is 0 Å². The second kappa shape index (κ2) is 4.87. The number of piperidine rings is 1. The molecule has 1 aliphatic rings. The van der Waals surface area contributed by atoms with Gasteiger partial charge in [0, 0.05) is 23.0 Å². The lowest BCUT2D eigenvalue weighted by Gasteiger charge is -2.25. The van der Waals surface area contributed by atoms with Crippen molar-refractivity contribution in [1.82, 2.24) is 4.90 Å². The van der Waals surface area contributed by atoms with Gasteiger partial charge >= 0.3 is 0 Å². The maximum Gasteiger partial charge on any atom is 0.229 e. The van der Waals surface area contributed by atoms with Crippen molar-refractivity contribution < 1.29 is 9.59 Å². The zero-order valence-electron chi connectivity index (χ0n) is 9.28. The fraction of sp³-hybridized carbons (Fsp3) is 0.333. The van der Waals surface area contributed by atoms with Gasteiger partial charge in [0.05, 0.1) is 6.54 Å². The zero-order valence-corrected chi connectivity index (χ0v) is 10.9. The summed E-state index contributed by atoms with van der Waals surface area (Å²) in [6, 6.07) is 5.43. The van der Waals surface area contributed by atoms with Gasteiger partial charge in [-0.15, -0.1) is 0 Å². The van der Waals surface area contributed by atoms with Crippen molar-refractivity contribution in [3.8, 4) is 0 Å². The van der Waals surface area contributed by atoms with Gasteiger partial charge in [-0.3, -0.25) is 14.5 Å². The monoisotopic (exact) mass is 296 g/mol. The molecule has 0 radical (unpaired) electrons. The third-order valence-electron chi connectivity index (χ3n) is 2.70. The molecule has 2 amide bonds. The number of likely N-dealkylation sites (tertiary alicyclic amines) is 1. The average molecular weight is 297 g/mol. The van der Waals surface area contributed by atoms with E-state index in [-0.39, 0.29) is 11.8 Å². The second-order valence-electron chi connectivity index (χ2n) is 4.12. The molecule has 0 aliphatic carbocycles. The van der Waals surface area contributed by atoms with Crippen LogP contribution in [0.2, 0.25) is 0 Å². The van der Waals surface area contributed by atoms with Crippen LogP contribution >= 0.6 is 15.9 Å². The Balaban J connectivity index is 2.19. The van der Waals surface area contributed by atoms with Crippen LogP contribution in [0.25, 0.3) is 0 Å². The lowest BCUT2D eigenvalue weighted by atomic mass is 10.1. The van der Waals surface area contributed by atoms with Crippen molar-refractivity contribution in [3.63, 3.8) is 0 Å². The van der Waals surface area contributed by atoms with Crippen LogP contribution < -0.4 is 5.73 Å². The molecule has 1 aromatic rings. The predicted octanol–water partition coefficient (Wildman–Crippen LogP) is 2.07. The molecule has 1 heterocycles.